The van der Waals surface area contributed by atoms with Gasteiger partial charge in [-0.05, 0) is 31.2 Å². The number of hydrogen-bond donors (Lipinski definition) is 0. The number of likely N-dealkylation sites (tertiary alicyclic amines) is 1. The minimum Gasteiger partial charge on any atom is -0.340 e. The van der Waals surface area contributed by atoms with E-state index in [-0.39, 0.29) is 17.7 Å². The average Bonchev–Trinajstić information content (AvgIpc) is 3.40. The Bertz CT molecular complexity index is 804. The van der Waals surface area contributed by atoms with Gasteiger partial charge in [0.1, 0.15) is 0 Å². The first-order valence-corrected chi connectivity index (χ1v) is 11.6. The summed E-state index contributed by atoms with van der Waals surface area (Å²) in [4.78, 5) is 37.0. The molecule has 6 nitrogen and oxygen atoms in total. The number of thiophene rings is 1. The van der Waals surface area contributed by atoms with Crippen molar-refractivity contribution >= 4 is 34.5 Å². The molecule has 2 aliphatic heterocycles. The summed E-state index contributed by atoms with van der Waals surface area (Å²) < 4.78 is 0. The van der Waals surface area contributed by atoms with Crippen LogP contribution < -0.4 is 0 Å². The standard InChI is InChI=1S/C20H26N4O2S2/c1-15-21-17(14-28-15)13-22-8-10-24(11-9-22)19(25)16-4-6-23(7-5-16)20(26)18-3-2-12-27-18/h2-3,12,14,16H,4-11,13H2,1H3. The number of carbonyl (C=O) groups is 2. The lowest BCUT2D eigenvalue weighted by molar-refractivity contribution is -0.138. The quantitative estimate of drug-likeness (QED) is 0.766. The van der Waals surface area contributed by atoms with E-state index in [0.717, 1.165) is 61.1 Å². The lowest BCUT2D eigenvalue weighted by atomic mass is 9.95. The van der Waals surface area contributed by atoms with E-state index in [1.807, 2.05) is 34.2 Å². The number of piperidine rings is 1. The van der Waals surface area contributed by atoms with Gasteiger partial charge in [0.15, 0.2) is 0 Å². The highest BCUT2D eigenvalue weighted by atomic mass is 32.1. The van der Waals surface area contributed by atoms with Crippen molar-refractivity contribution in [2.24, 2.45) is 5.92 Å². The van der Waals surface area contributed by atoms with Crippen LogP contribution in [0.1, 0.15) is 33.2 Å². The Hall–Kier alpha value is -1.77. The number of thiazole rings is 1. The third-order valence-corrected chi connectivity index (χ3v) is 7.28. The molecule has 0 spiro atoms. The number of aromatic nitrogens is 1. The number of aryl methyl sites for hydroxylation is 1. The number of carbonyl (C=O) groups excluding carboxylic acids is 2. The van der Waals surface area contributed by atoms with E-state index in [9.17, 15) is 9.59 Å². The van der Waals surface area contributed by atoms with Gasteiger partial charge < -0.3 is 9.80 Å². The van der Waals surface area contributed by atoms with E-state index < -0.39 is 0 Å². The molecule has 2 aliphatic rings. The predicted molar refractivity (Wildman–Crippen MR) is 112 cm³/mol. The van der Waals surface area contributed by atoms with Gasteiger partial charge in [0, 0.05) is 57.1 Å². The van der Waals surface area contributed by atoms with Gasteiger partial charge in [-0.1, -0.05) is 6.07 Å². The van der Waals surface area contributed by atoms with Crippen LogP contribution in [0.25, 0.3) is 0 Å². The Morgan fingerprint density at radius 3 is 2.43 bits per heavy atom. The predicted octanol–water partition coefficient (Wildman–Crippen LogP) is 2.71. The Morgan fingerprint density at radius 2 is 1.82 bits per heavy atom. The number of nitrogens with zero attached hydrogens (tertiary/aromatic N) is 4. The summed E-state index contributed by atoms with van der Waals surface area (Å²) in [7, 11) is 0. The summed E-state index contributed by atoms with van der Waals surface area (Å²) in [5.74, 6) is 0.430. The molecular formula is C20H26N4O2S2. The monoisotopic (exact) mass is 418 g/mol. The number of hydrogen-bond acceptors (Lipinski definition) is 6. The molecule has 8 heteroatoms. The fourth-order valence-corrected chi connectivity index (χ4v) is 5.27. The molecule has 2 amide bonds. The first-order chi connectivity index (χ1) is 13.6. The zero-order chi connectivity index (χ0) is 19.5. The Kier molecular flexibility index (Phi) is 6.08. The van der Waals surface area contributed by atoms with Crippen LogP contribution in [0.15, 0.2) is 22.9 Å². The van der Waals surface area contributed by atoms with E-state index in [1.54, 1.807) is 11.3 Å². The number of piperazine rings is 1. The molecule has 0 atom stereocenters. The number of rotatable bonds is 4. The lowest BCUT2D eigenvalue weighted by Crippen LogP contribution is -2.51. The van der Waals surface area contributed by atoms with Crippen molar-refractivity contribution in [3.63, 3.8) is 0 Å². The molecule has 4 rings (SSSR count). The van der Waals surface area contributed by atoms with E-state index in [1.165, 1.54) is 11.3 Å². The summed E-state index contributed by atoms with van der Waals surface area (Å²) in [5.41, 5.74) is 1.13. The van der Waals surface area contributed by atoms with Crippen molar-refractivity contribution in [3.05, 3.63) is 38.5 Å². The van der Waals surface area contributed by atoms with Crippen molar-refractivity contribution in [2.45, 2.75) is 26.3 Å². The van der Waals surface area contributed by atoms with Gasteiger partial charge in [-0.2, -0.15) is 0 Å². The van der Waals surface area contributed by atoms with E-state index in [2.05, 4.69) is 15.3 Å². The van der Waals surface area contributed by atoms with Crippen molar-refractivity contribution in [1.29, 1.82) is 0 Å². The fraction of sp³-hybridized carbons (Fsp3) is 0.550. The molecule has 150 valence electrons. The zero-order valence-corrected chi connectivity index (χ0v) is 17.8. The SMILES string of the molecule is Cc1nc(CN2CCN(C(=O)C3CCN(C(=O)c4cccs4)CC3)CC2)cs1. The van der Waals surface area contributed by atoms with Gasteiger partial charge >= 0.3 is 0 Å². The van der Waals surface area contributed by atoms with Crippen LogP contribution in [0.3, 0.4) is 0 Å². The highest BCUT2D eigenvalue weighted by Gasteiger charge is 2.32. The van der Waals surface area contributed by atoms with Crippen molar-refractivity contribution in [1.82, 2.24) is 19.7 Å². The summed E-state index contributed by atoms with van der Waals surface area (Å²) in [6.45, 7) is 7.63. The van der Waals surface area contributed by atoms with Crippen LogP contribution in [-0.2, 0) is 11.3 Å². The van der Waals surface area contributed by atoms with Gasteiger partial charge in [-0.3, -0.25) is 14.5 Å². The van der Waals surface area contributed by atoms with Crippen LogP contribution in [-0.4, -0.2) is 70.8 Å². The molecule has 28 heavy (non-hydrogen) atoms. The zero-order valence-electron chi connectivity index (χ0n) is 16.2. The summed E-state index contributed by atoms with van der Waals surface area (Å²) in [5, 5.41) is 5.16. The highest BCUT2D eigenvalue weighted by Crippen LogP contribution is 2.23. The Labute approximate surface area is 173 Å². The van der Waals surface area contributed by atoms with Crippen LogP contribution in [0.2, 0.25) is 0 Å². The molecule has 0 N–H and O–H groups in total. The van der Waals surface area contributed by atoms with Gasteiger partial charge in [0.05, 0.1) is 15.6 Å². The van der Waals surface area contributed by atoms with Crippen molar-refractivity contribution in [2.75, 3.05) is 39.3 Å². The molecular weight excluding hydrogens is 392 g/mol. The van der Waals surface area contributed by atoms with E-state index in [4.69, 9.17) is 0 Å². The smallest absolute Gasteiger partial charge is 0.263 e. The second kappa shape index (κ2) is 8.71. The molecule has 2 fully saturated rings. The maximum absolute atomic E-state index is 12.9. The summed E-state index contributed by atoms with van der Waals surface area (Å²) in [6.07, 6.45) is 1.54. The molecule has 0 aromatic carbocycles. The second-order valence-corrected chi connectivity index (χ2v) is 9.51. The largest absolute Gasteiger partial charge is 0.340 e. The minimum atomic E-state index is 0.0557. The average molecular weight is 419 g/mol. The minimum absolute atomic E-state index is 0.0557. The third kappa shape index (κ3) is 4.45. The third-order valence-electron chi connectivity index (χ3n) is 5.60. The molecule has 4 heterocycles. The Balaban J connectivity index is 1.23. The maximum atomic E-state index is 12.9. The van der Waals surface area contributed by atoms with Crippen LogP contribution in [0.4, 0.5) is 0 Å². The van der Waals surface area contributed by atoms with Crippen molar-refractivity contribution in [3.8, 4) is 0 Å². The van der Waals surface area contributed by atoms with Gasteiger partial charge in [0.25, 0.3) is 5.91 Å². The molecule has 0 unspecified atom stereocenters. The van der Waals surface area contributed by atoms with Crippen molar-refractivity contribution < 1.29 is 9.59 Å². The molecule has 0 bridgehead atoms. The van der Waals surface area contributed by atoms with Crippen LogP contribution >= 0.6 is 22.7 Å². The molecule has 0 saturated carbocycles. The second-order valence-electron chi connectivity index (χ2n) is 7.50. The van der Waals surface area contributed by atoms with Gasteiger partial charge in [0.2, 0.25) is 5.91 Å². The van der Waals surface area contributed by atoms with Crippen LogP contribution in [0.5, 0.6) is 0 Å². The first kappa shape index (κ1) is 19.5. The number of amides is 2. The molecule has 2 aromatic rings. The molecule has 0 radical (unpaired) electrons. The fourth-order valence-electron chi connectivity index (χ4n) is 3.98. The van der Waals surface area contributed by atoms with Crippen LogP contribution in [0, 0.1) is 12.8 Å². The van der Waals surface area contributed by atoms with Gasteiger partial charge in [-0.15, -0.1) is 22.7 Å². The van der Waals surface area contributed by atoms with Gasteiger partial charge in [-0.25, -0.2) is 4.98 Å². The summed E-state index contributed by atoms with van der Waals surface area (Å²) in [6, 6.07) is 3.78. The first-order valence-electron chi connectivity index (χ1n) is 9.85. The normalized spacial score (nSPS) is 19.2. The molecule has 2 saturated heterocycles. The highest BCUT2D eigenvalue weighted by molar-refractivity contribution is 7.12. The lowest BCUT2D eigenvalue weighted by Gasteiger charge is -2.38. The van der Waals surface area contributed by atoms with E-state index in [0.29, 0.717) is 13.1 Å². The maximum Gasteiger partial charge on any atom is 0.263 e. The Morgan fingerprint density at radius 1 is 1.07 bits per heavy atom. The molecule has 0 aliphatic carbocycles. The summed E-state index contributed by atoms with van der Waals surface area (Å²) >= 11 is 3.17. The van der Waals surface area contributed by atoms with E-state index >= 15 is 0 Å². The molecule has 2 aromatic heterocycles. The topological polar surface area (TPSA) is 56.8 Å².